The average Bonchev–Trinajstić information content (AvgIpc) is 2.47. The molecule has 3 N–H and O–H groups in total. The van der Waals surface area contributed by atoms with Gasteiger partial charge in [0.1, 0.15) is 5.75 Å². The third-order valence-corrected chi connectivity index (χ3v) is 4.33. The first-order valence-corrected chi connectivity index (χ1v) is 7.63. The van der Waals surface area contributed by atoms with Gasteiger partial charge in [-0.3, -0.25) is 11.3 Å². The molecule has 0 aliphatic rings. The van der Waals surface area contributed by atoms with E-state index in [1.54, 1.807) is 7.11 Å². The summed E-state index contributed by atoms with van der Waals surface area (Å²) < 4.78 is 6.38. The Labute approximate surface area is 137 Å². The number of nitrogens with two attached hydrogens (primary N) is 1. The van der Waals surface area contributed by atoms with Gasteiger partial charge in [0.2, 0.25) is 0 Å². The van der Waals surface area contributed by atoms with Crippen LogP contribution in [0.4, 0.5) is 0 Å². The summed E-state index contributed by atoms with van der Waals surface area (Å²) in [5.41, 5.74) is 5.12. The summed E-state index contributed by atoms with van der Waals surface area (Å²) in [6.45, 7) is 0. The summed E-state index contributed by atoms with van der Waals surface area (Å²) in [7, 11) is 1.66. The minimum absolute atomic E-state index is 0.00714. The highest BCUT2D eigenvalue weighted by molar-refractivity contribution is 14.1. The molecule has 5 heteroatoms. The minimum Gasteiger partial charge on any atom is -0.497 e. The molecule has 0 radical (unpaired) electrons. The van der Waals surface area contributed by atoms with Gasteiger partial charge in [-0.25, -0.2) is 0 Å². The van der Waals surface area contributed by atoms with Crippen molar-refractivity contribution >= 4 is 34.2 Å². The SMILES string of the molecule is COc1cccc(CC(NN)c2cc(Cl)ccc2I)c1. The van der Waals surface area contributed by atoms with E-state index in [2.05, 4.69) is 34.1 Å². The predicted octanol–water partition coefficient (Wildman–Crippen LogP) is 3.70. The third kappa shape index (κ3) is 3.85. The molecule has 1 atom stereocenters. The van der Waals surface area contributed by atoms with Crippen molar-refractivity contribution in [1.82, 2.24) is 5.43 Å². The average molecular weight is 403 g/mol. The van der Waals surface area contributed by atoms with Gasteiger partial charge in [0.15, 0.2) is 0 Å². The van der Waals surface area contributed by atoms with Crippen LogP contribution in [0.15, 0.2) is 42.5 Å². The monoisotopic (exact) mass is 402 g/mol. The number of hydrogen-bond acceptors (Lipinski definition) is 3. The Morgan fingerprint density at radius 2 is 2.10 bits per heavy atom. The van der Waals surface area contributed by atoms with Gasteiger partial charge in [0.25, 0.3) is 0 Å². The van der Waals surface area contributed by atoms with Crippen molar-refractivity contribution in [2.75, 3.05) is 7.11 Å². The first kappa shape index (κ1) is 15.6. The summed E-state index contributed by atoms with van der Waals surface area (Å²) in [6, 6.07) is 13.8. The van der Waals surface area contributed by atoms with E-state index in [-0.39, 0.29) is 6.04 Å². The molecule has 2 rings (SSSR count). The molecule has 0 bridgehead atoms. The van der Waals surface area contributed by atoms with Crippen LogP contribution in [0.5, 0.6) is 5.75 Å². The summed E-state index contributed by atoms with van der Waals surface area (Å²) in [5.74, 6) is 6.56. The van der Waals surface area contributed by atoms with Crippen molar-refractivity contribution in [3.05, 3.63) is 62.2 Å². The van der Waals surface area contributed by atoms with Gasteiger partial charge < -0.3 is 4.74 Å². The number of benzene rings is 2. The number of rotatable bonds is 5. The highest BCUT2D eigenvalue weighted by Crippen LogP contribution is 2.27. The maximum absolute atomic E-state index is 6.08. The van der Waals surface area contributed by atoms with Crippen molar-refractivity contribution in [2.45, 2.75) is 12.5 Å². The summed E-state index contributed by atoms with van der Waals surface area (Å²) in [6.07, 6.45) is 0.768. The molecule has 0 fully saturated rings. The number of ether oxygens (including phenoxy) is 1. The molecule has 20 heavy (non-hydrogen) atoms. The zero-order valence-corrected chi connectivity index (χ0v) is 14.0. The molecule has 0 aliphatic heterocycles. The van der Waals surface area contributed by atoms with Gasteiger partial charge in [0.05, 0.1) is 13.2 Å². The van der Waals surface area contributed by atoms with Gasteiger partial charge in [0, 0.05) is 8.59 Å². The molecular formula is C15H16ClIN2O. The highest BCUT2D eigenvalue weighted by Gasteiger charge is 2.14. The fourth-order valence-corrected chi connectivity index (χ4v) is 2.97. The first-order chi connectivity index (χ1) is 9.63. The van der Waals surface area contributed by atoms with Crippen LogP contribution in [0.3, 0.4) is 0 Å². The van der Waals surface area contributed by atoms with Crippen LogP contribution in [-0.4, -0.2) is 7.11 Å². The van der Waals surface area contributed by atoms with Gasteiger partial charge in [-0.1, -0.05) is 23.7 Å². The van der Waals surface area contributed by atoms with Crippen molar-refractivity contribution in [3.8, 4) is 5.75 Å². The zero-order chi connectivity index (χ0) is 14.5. The Bertz CT molecular complexity index is 592. The molecule has 2 aromatic carbocycles. The lowest BCUT2D eigenvalue weighted by molar-refractivity contribution is 0.414. The number of halogens is 2. The lowest BCUT2D eigenvalue weighted by Crippen LogP contribution is -2.30. The zero-order valence-electron chi connectivity index (χ0n) is 11.1. The summed E-state index contributed by atoms with van der Waals surface area (Å²) >= 11 is 8.37. The molecular weight excluding hydrogens is 387 g/mol. The Morgan fingerprint density at radius 1 is 1.30 bits per heavy atom. The number of hydrazine groups is 1. The number of methoxy groups -OCH3 is 1. The van der Waals surface area contributed by atoms with Crippen molar-refractivity contribution in [1.29, 1.82) is 0 Å². The summed E-state index contributed by atoms with van der Waals surface area (Å²) in [5, 5.41) is 0.714. The smallest absolute Gasteiger partial charge is 0.119 e. The Hall–Kier alpha value is -0.820. The normalized spacial score (nSPS) is 12.2. The maximum Gasteiger partial charge on any atom is 0.119 e. The second-order valence-electron chi connectivity index (χ2n) is 4.44. The van der Waals surface area contributed by atoms with E-state index in [4.69, 9.17) is 22.2 Å². The van der Waals surface area contributed by atoms with Gasteiger partial charge in [-0.15, -0.1) is 0 Å². The van der Waals surface area contributed by atoms with Crippen LogP contribution in [0.1, 0.15) is 17.2 Å². The van der Waals surface area contributed by atoms with Crippen LogP contribution in [-0.2, 0) is 6.42 Å². The van der Waals surface area contributed by atoms with Crippen molar-refractivity contribution < 1.29 is 4.74 Å². The molecule has 0 amide bonds. The minimum atomic E-state index is 0.00714. The molecule has 0 aliphatic carbocycles. The second kappa shape index (κ2) is 7.26. The Morgan fingerprint density at radius 3 is 2.80 bits per heavy atom. The van der Waals surface area contributed by atoms with Crippen molar-refractivity contribution in [3.63, 3.8) is 0 Å². The third-order valence-electron chi connectivity index (χ3n) is 3.11. The first-order valence-electron chi connectivity index (χ1n) is 6.18. The van der Waals surface area contributed by atoms with E-state index in [9.17, 15) is 0 Å². The van der Waals surface area contributed by atoms with E-state index in [1.807, 2.05) is 36.4 Å². The summed E-state index contributed by atoms with van der Waals surface area (Å²) in [4.78, 5) is 0. The van der Waals surface area contributed by atoms with Crippen LogP contribution in [0.25, 0.3) is 0 Å². The van der Waals surface area contributed by atoms with Crippen LogP contribution >= 0.6 is 34.2 Å². The van der Waals surface area contributed by atoms with E-state index in [0.29, 0.717) is 5.02 Å². The van der Waals surface area contributed by atoms with E-state index < -0.39 is 0 Å². The van der Waals surface area contributed by atoms with E-state index in [1.165, 1.54) is 0 Å². The maximum atomic E-state index is 6.08. The van der Waals surface area contributed by atoms with Gasteiger partial charge in [-0.2, -0.15) is 0 Å². The fraction of sp³-hybridized carbons (Fsp3) is 0.200. The molecule has 2 aromatic rings. The van der Waals surface area contributed by atoms with Crippen LogP contribution in [0, 0.1) is 3.57 Å². The highest BCUT2D eigenvalue weighted by atomic mass is 127. The molecule has 0 saturated carbocycles. The number of nitrogens with one attached hydrogen (secondary N) is 1. The largest absolute Gasteiger partial charge is 0.497 e. The molecule has 0 spiro atoms. The molecule has 0 heterocycles. The molecule has 0 aromatic heterocycles. The van der Waals surface area contributed by atoms with Crippen LogP contribution < -0.4 is 16.0 Å². The predicted molar refractivity (Wildman–Crippen MR) is 90.9 cm³/mol. The number of hydrogen-bond donors (Lipinski definition) is 2. The van der Waals surface area contributed by atoms with Crippen LogP contribution in [0.2, 0.25) is 5.02 Å². The standard InChI is InChI=1S/C15H16ClIN2O/c1-20-12-4-2-3-10(7-12)8-15(19-18)13-9-11(16)5-6-14(13)17/h2-7,9,15,19H,8,18H2,1H3. The topological polar surface area (TPSA) is 47.3 Å². The Kier molecular flexibility index (Phi) is 5.65. The quantitative estimate of drug-likeness (QED) is 0.455. The van der Waals surface area contributed by atoms with Crippen molar-refractivity contribution in [2.24, 2.45) is 5.84 Å². The second-order valence-corrected chi connectivity index (χ2v) is 6.04. The fourth-order valence-electron chi connectivity index (χ4n) is 2.08. The lowest BCUT2D eigenvalue weighted by atomic mass is 9.99. The lowest BCUT2D eigenvalue weighted by Gasteiger charge is -2.18. The van der Waals surface area contributed by atoms with Gasteiger partial charge >= 0.3 is 0 Å². The Balaban J connectivity index is 2.26. The molecule has 1 unspecified atom stereocenters. The van der Waals surface area contributed by atoms with E-state index >= 15 is 0 Å². The molecule has 0 saturated heterocycles. The molecule has 106 valence electrons. The van der Waals surface area contributed by atoms with Gasteiger partial charge in [-0.05, 0) is 70.5 Å². The molecule has 3 nitrogen and oxygen atoms in total. The van der Waals surface area contributed by atoms with E-state index in [0.717, 1.165) is 26.9 Å².